The van der Waals surface area contributed by atoms with Gasteiger partial charge in [0.05, 0.1) is 5.69 Å². The lowest BCUT2D eigenvalue weighted by molar-refractivity contribution is 0.125. The van der Waals surface area contributed by atoms with Gasteiger partial charge in [0.15, 0.2) is 0 Å². The maximum atomic E-state index is 6.24. The Hall–Kier alpha value is -0.580. The molecule has 5 heteroatoms. The van der Waals surface area contributed by atoms with Crippen molar-refractivity contribution in [2.45, 2.75) is 39.2 Å². The highest BCUT2D eigenvalue weighted by Gasteiger charge is 2.15. The predicted molar refractivity (Wildman–Crippen MR) is 75.2 cm³/mol. The van der Waals surface area contributed by atoms with Crippen LogP contribution >= 0.6 is 11.6 Å². The van der Waals surface area contributed by atoms with Gasteiger partial charge in [-0.05, 0) is 33.2 Å². The summed E-state index contributed by atoms with van der Waals surface area (Å²) in [6.07, 6.45) is 2.95. The highest BCUT2D eigenvalue weighted by molar-refractivity contribution is 6.30. The molecule has 1 aromatic heterocycles. The molecule has 18 heavy (non-hydrogen) atoms. The van der Waals surface area contributed by atoms with E-state index >= 15 is 0 Å². The maximum absolute atomic E-state index is 6.24. The third kappa shape index (κ3) is 4.26. The lowest BCUT2D eigenvalue weighted by Gasteiger charge is -2.16. The van der Waals surface area contributed by atoms with E-state index in [2.05, 4.69) is 17.3 Å². The Kier molecular flexibility index (Phi) is 6.68. The molecule has 0 fully saturated rings. The average Bonchev–Trinajstić information content (AvgIpc) is 2.59. The van der Waals surface area contributed by atoms with Gasteiger partial charge in [0.1, 0.15) is 5.15 Å². The molecule has 0 aliphatic rings. The SMILES string of the molecule is CCCOCCC(Cc1c(C)nn(C)c1Cl)NC. The molecule has 0 saturated carbocycles. The lowest BCUT2D eigenvalue weighted by atomic mass is 10.0. The van der Waals surface area contributed by atoms with Gasteiger partial charge in [0, 0.05) is 31.9 Å². The van der Waals surface area contributed by atoms with E-state index < -0.39 is 0 Å². The number of aromatic nitrogens is 2. The van der Waals surface area contributed by atoms with Gasteiger partial charge in [-0.25, -0.2) is 0 Å². The quantitative estimate of drug-likeness (QED) is 0.739. The van der Waals surface area contributed by atoms with Gasteiger partial charge in [-0.3, -0.25) is 4.68 Å². The summed E-state index contributed by atoms with van der Waals surface area (Å²) >= 11 is 6.24. The number of rotatable bonds is 8. The van der Waals surface area contributed by atoms with Crippen LogP contribution < -0.4 is 5.32 Å². The van der Waals surface area contributed by atoms with Crippen LogP contribution in [0.25, 0.3) is 0 Å². The third-order valence-electron chi connectivity index (χ3n) is 3.09. The molecule has 1 atom stereocenters. The Morgan fingerprint density at radius 3 is 2.67 bits per heavy atom. The Labute approximate surface area is 115 Å². The van der Waals surface area contributed by atoms with Crippen molar-refractivity contribution in [2.24, 2.45) is 7.05 Å². The Morgan fingerprint density at radius 1 is 1.44 bits per heavy atom. The normalized spacial score (nSPS) is 12.9. The Balaban J connectivity index is 2.51. The van der Waals surface area contributed by atoms with Gasteiger partial charge < -0.3 is 10.1 Å². The number of hydrogen-bond acceptors (Lipinski definition) is 3. The lowest BCUT2D eigenvalue weighted by Crippen LogP contribution is -2.29. The van der Waals surface area contributed by atoms with Crippen LogP contribution in [0.5, 0.6) is 0 Å². The van der Waals surface area contributed by atoms with E-state index in [9.17, 15) is 0 Å². The highest BCUT2D eigenvalue weighted by atomic mass is 35.5. The van der Waals surface area contributed by atoms with Crippen molar-refractivity contribution >= 4 is 11.6 Å². The first-order valence-corrected chi connectivity index (χ1v) is 6.90. The topological polar surface area (TPSA) is 39.1 Å². The summed E-state index contributed by atoms with van der Waals surface area (Å²) in [6, 6.07) is 0.377. The summed E-state index contributed by atoms with van der Waals surface area (Å²) in [5.74, 6) is 0. The van der Waals surface area contributed by atoms with Gasteiger partial charge in [0.25, 0.3) is 0 Å². The van der Waals surface area contributed by atoms with E-state index in [1.807, 2.05) is 21.0 Å². The Morgan fingerprint density at radius 2 is 2.17 bits per heavy atom. The van der Waals surface area contributed by atoms with E-state index in [4.69, 9.17) is 16.3 Å². The Bertz CT molecular complexity index is 365. The van der Waals surface area contributed by atoms with Crippen molar-refractivity contribution in [3.05, 3.63) is 16.4 Å². The number of hydrogen-bond donors (Lipinski definition) is 1. The molecule has 0 saturated heterocycles. The van der Waals surface area contributed by atoms with Crippen LogP contribution in [0.2, 0.25) is 5.15 Å². The molecule has 1 N–H and O–H groups in total. The van der Waals surface area contributed by atoms with E-state index in [-0.39, 0.29) is 0 Å². The van der Waals surface area contributed by atoms with Crippen molar-refractivity contribution in [2.75, 3.05) is 20.3 Å². The van der Waals surface area contributed by atoms with E-state index in [0.717, 1.165) is 48.9 Å². The summed E-state index contributed by atoms with van der Waals surface area (Å²) in [4.78, 5) is 0. The molecular formula is C13H24ClN3O. The third-order valence-corrected chi connectivity index (χ3v) is 3.56. The number of nitrogens with one attached hydrogen (secondary N) is 1. The molecule has 1 heterocycles. The highest BCUT2D eigenvalue weighted by Crippen LogP contribution is 2.20. The van der Waals surface area contributed by atoms with E-state index in [0.29, 0.717) is 6.04 Å². The van der Waals surface area contributed by atoms with Gasteiger partial charge in [-0.1, -0.05) is 18.5 Å². The standard InChI is InChI=1S/C13H24ClN3O/c1-5-7-18-8-6-11(15-3)9-12-10(2)16-17(4)13(12)14/h11,15H,5-9H2,1-4H3. The first kappa shape index (κ1) is 15.5. The zero-order chi connectivity index (χ0) is 13.5. The second-order valence-corrected chi connectivity index (χ2v) is 4.93. The van der Waals surface area contributed by atoms with Gasteiger partial charge in [-0.15, -0.1) is 0 Å². The van der Waals surface area contributed by atoms with Crippen LogP contribution in [0.3, 0.4) is 0 Å². The molecule has 1 rings (SSSR count). The average molecular weight is 274 g/mol. The number of ether oxygens (including phenoxy) is 1. The van der Waals surface area contributed by atoms with Crippen LogP contribution in [-0.4, -0.2) is 36.1 Å². The summed E-state index contributed by atoms with van der Waals surface area (Å²) in [5.41, 5.74) is 2.14. The molecule has 104 valence electrons. The van der Waals surface area contributed by atoms with Crippen LogP contribution in [0.1, 0.15) is 31.0 Å². The minimum atomic E-state index is 0.377. The minimum Gasteiger partial charge on any atom is -0.381 e. The zero-order valence-electron chi connectivity index (χ0n) is 11.8. The minimum absolute atomic E-state index is 0.377. The summed E-state index contributed by atoms with van der Waals surface area (Å²) < 4.78 is 7.25. The first-order chi connectivity index (χ1) is 8.60. The fourth-order valence-electron chi connectivity index (χ4n) is 1.97. The van der Waals surface area contributed by atoms with Crippen LogP contribution in [0, 0.1) is 6.92 Å². The fourth-order valence-corrected chi connectivity index (χ4v) is 2.22. The van der Waals surface area contributed by atoms with Crippen molar-refractivity contribution in [3.8, 4) is 0 Å². The summed E-state index contributed by atoms with van der Waals surface area (Å²) in [5, 5.41) is 8.39. The molecule has 1 aromatic rings. The van der Waals surface area contributed by atoms with Crippen molar-refractivity contribution < 1.29 is 4.74 Å². The second-order valence-electron chi connectivity index (χ2n) is 4.57. The number of likely N-dealkylation sites (N-methyl/N-ethyl adjacent to an activating group) is 1. The molecule has 0 aliphatic heterocycles. The van der Waals surface area contributed by atoms with Crippen LogP contribution in [0.15, 0.2) is 0 Å². The monoisotopic (exact) mass is 273 g/mol. The molecular weight excluding hydrogens is 250 g/mol. The number of aryl methyl sites for hydroxylation is 2. The van der Waals surface area contributed by atoms with Gasteiger partial charge >= 0.3 is 0 Å². The zero-order valence-corrected chi connectivity index (χ0v) is 12.5. The van der Waals surface area contributed by atoms with Crippen molar-refractivity contribution in [3.63, 3.8) is 0 Å². The fraction of sp³-hybridized carbons (Fsp3) is 0.769. The van der Waals surface area contributed by atoms with Gasteiger partial charge in [-0.2, -0.15) is 5.10 Å². The van der Waals surface area contributed by atoms with Gasteiger partial charge in [0.2, 0.25) is 0 Å². The molecule has 0 radical (unpaired) electrons. The molecule has 0 aliphatic carbocycles. The second kappa shape index (κ2) is 7.77. The molecule has 0 spiro atoms. The first-order valence-electron chi connectivity index (χ1n) is 6.53. The van der Waals surface area contributed by atoms with Crippen LogP contribution in [-0.2, 0) is 18.2 Å². The van der Waals surface area contributed by atoms with E-state index in [1.165, 1.54) is 0 Å². The molecule has 0 bridgehead atoms. The molecule has 0 aromatic carbocycles. The van der Waals surface area contributed by atoms with E-state index in [1.54, 1.807) is 4.68 Å². The predicted octanol–water partition coefficient (Wildman–Crippen LogP) is 2.33. The molecule has 4 nitrogen and oxygen atoms in total. The van der Waals surface area contributed by atoms with Crippen molar-refractivity contribution in [1.29, 1.82) is 0 Å². The summed E-state index contributed by atoms with van der Waals surface area (Å²) in [7, 11) is 3.85. The van der Waals surface area contributed by atoms with Crippen LogP contribution in [0.4, 0.5) is 0 Å². The van der Waals surface area contributed by atoms with Crippen molar-refractivity contribution in [1.82, 2.24) is 15.1 Å². The number of nitrogens with zero attached hydrogens (tertiary/aromatic N) is 2. The molecule has 1 unspecified atom stereocenters. The largest absolute Gasteiger partial charge is 0.381 e. The summed E-state index contributed by atoms with van der Waals surface area (Å²) in [6.45, 7) is 5.75. The molecule has 0 amide bonds. The smallest absolute Gasteiger partial charge is 0.130 e. The number of halogens is 1. The maximum Gasteiger partial charge on any atom is 0.130 e.